The highest BCUT2D eigenvalue weighted by Crippen LogP contribution is 2.32. The lowest BCUT2D eigenvalue weighted by atomic mass is 10.3. The van der Waals surface area contributed by atoms with E-state index in [1.165, 1.54) is 20.1 Å². The van der Waals surface area contributed by atoms with E-state index >= 15 is 0 Å². The summed E-state index contributed by atoms with van der Waals surface area (Å²) in [6.07, 6.45) is 1.08. The number of nitrogens with one attached hydrogen (secondary N) is 1. The summed E-state index contributed by atoms with van der Waals surface area (Å²) in [4.78, 5) is 10.9. The molecule has 20 heavy (non-hydrogen) atoms. The van der Waals surface area contributed by atoms with Crippen LogP contribution in [0.5, 0.6) is 5.75 Å². The molecule has 6 nitrogen and oxygen atoms in total. The van der Waals surface area contributed by atoms with Crippen LogP contribution in [-0.2, 0) is 14.8 Å². The van der Waals surface area contributed by atoms with Crippen LogP contribution >= 0.6 is 11.6 Å². The van der Waals surface area contributed by atoms with Crippen LogP contribution in [0.2, 0.25) is 5.02 Å². The first-order chi connectivity index (χ1) is 9.25. The minimum Gasteiger partial charge on any atom is -0.495 e. The normalized spacial score (nSPS) is 11.0. The molecular formula is C12H17ClN2O4S. The number of amides is 1. The lowest BCUT2D eigenvalue weighted by Crippen LogP contribution is -2.37. The van der Waals surface area contributed by atoms with Crippen LogP contribution in [0.3, 0.4) is 0 Å². The molecule has 0 aliphatic heterocycles. The Balaban J connectivity index is 3.11. The molecule has 0 heterocycles. The molecule has 0 aliphatic rings. The zero-order chi connectivity index (χ0) is 15.3. The molecule has 0 saturated heterocycles. The second-order valence-electron chi connectivity index (χ2n) is 4.13. The summed E-state index contributed by atoms with van der Waals surface area (Å²) in [5, 5.41) is 2.95. The lowest BCUT2D eigenvalue weighted by Gasteiger charge is -2.24. The Bertz CT molecular complexity index is 589. The first kappa shape index (κ1) is 16.6. The fourth-order valence-electron chi connectivity index (χ4n) is 1.66. The van der Waals surface area contributed by atoms with Gasteiger partial charge in [-0.25, -0.2) is 8.42 Å². The quantitative estimate of drug-likeness (QED) is 0.856. The predicted molar refractivity (Wildman–Crippen MR) is 78.9 cm³/mol. The molecule has 0 unspecified atom stereocenters. The van der Waals surface area contributed by atoms with Gasteiger partial charge in [0, 0.05) is 18.5 Å². The highest BCUT2D eigenvalue weighted by molar-refractivity contribution is 7.92. The number of sulfonamides is 1. The van der Waals surface area contributed by atoms with Crippen molar-refractivity contribution in [3.63, 3.8) is 0 Å². The summed E-state index contributed by atoms with van der Waals surface area (Å²) in [7, 11) is -2.08. The summed E-state index contributed by atoms with van der Waals surface area (Å²) >= 11 is 5.91. The van der Waals surface area contributed by atoms with Gasteiger partial charge in [0.05, 0.1) is 25.6 Å². The van der Waals surface area contributed by atoms with Gasteiger partial charge >= 0.3 is 0 Å². The molecular weight excluding hydrogens is 304 g/mol. The van der Waals surface area contributed by atoms with Crippen molar-refractivity contribution in [1.29, 1.82) is 0 Å². The Morgan fingerprint density at radius 2 is 2.10 bits per heavy atom. The number of hydrogen-bond donors (Lipinski definition) is 1. The topological polar surface area (TPSA) is 75.7 Å². The number of carbonyl (C=O) groups excluding carboxylic acids is 1. The number of benzene rings is 1. The van der Waals surface area contributed by atoms with Crippen LogP contribution in [0.25, 0.3) is 0 Å². The number of methoxy groups -OCH3 is 1. The van der Waals surface area contributed by atoms with Crippen molar-refractivity contribution in [2.24, 2.45) is 0 Å². The summed E-state index contributed by atoms with van der Waals surface area (Å²) in [5.74, 6) is 0.166. The largest absolute Gasteiger partial charge is 0.495 e. The smallest absolute Gasteiger partial charge is 0.232 e. The van der Waals surface area contributed by atoms with Gasteiger partial charge in [-0.15, -0.1) is 0 Å². The number of carbonyl (C=O) groups is 1. The Labute approximate surface area is 123 Å². The minimum absolute atomic E-state index is 0.0924. The minimum atomic E-state index is -3.52. The first-order valence-corrected chi connectivity index (χ1v) is 8.04. The molecule has 0 saturated carbocycles. The summed E-state index contributed by atoms with van der Waals surface area (Å²) < 4.78 is 30.1. The molecule has 0 spiro atoms. The van der Waals surface area contributed by atoms with Crippen molar-refractivity contribution >= 4 is 33.2 Å². The maximum absolute atomic E-state index is 11.9. The van der Waals surface area contributed by atoms with E-state index in [0.717, 1.165) is 10.6 Å². The van der Waals surface area contributed by atoms with Gasteiger partial charge in [0.1, 0.15) is 5.75 Å². The molecule has 0 atom stereocenters. The molecule has 112 valence electrons. The van der Waals surface area contributed by atoms with E-state index in [4.69, 9.17) is 16.3 Å². The van der Waals surface area contributed by atoms with Crippen molar-refractivity contribution in [2.45, 2.75) is 6.92 Å². The van der Waals surface area contributed by atoms with Crippen molar-refractivity contribution in [3.8, 4) is 5.75 Å². The molecule has 1 aromatic rings. The van der Waals surface area contributed by atoms with Gasteiger partial charge in [-0.05, 0) is 18.2 Å². The van der Waals surface area contributed by atoms with E-state index in [0.29, 0.717) is 16.5 Å². The Hall–Kier alpha value is -1.47. The van der Waals surface area contributed by atoms with Gasteiger partial charge in [0.15, 0.2) is 0 Å². The molecule has 1 amide bonds. The van der Waals surface area contributed by atoms with Gasteiger partial charge in [-0.1, -0.05) is 11.6 Å². The molecule has 1 aromatic carbocycles. The highest BCUT2D eigenvalue weighted by atomic mass is 35.5. The molecule has 0 aliphatic carbocycles. The number of halogens is 1. The van der Waals surface area contributed by atoms with Gasteiger partial charge < -0.3 is 10.1 Å². The Morgan fingerprint density at radius 3 is 2.60 bits per heavy atom. The predicted octanol–water partition coefficient (Wildman–Crippen LogP) is 1.25. The molecule has 0 aromatic heterocycles. The average molecular weight is 321 g/mol. The number of nitrogens with zero attached hydrogens (tertiary/aromatic N) is 1. The fraction of sp³-hybridized carbons (Fsp3) is 0.417. The molecule has 0 bridgehead atoms. The van der Waals surface area contributed by atoms with Crippen LogP contribution in [0.15, 0.2) is 18.2 Å². The van der Waals surface area contributed by atoms with E-state index in [9.17, 15) is 13.2 Å². The van der Waals surface area contributed by atoms with Gasteiger partial charge in [-0.3, -0.25) is 9.10 Å². The van der Waals surface area contributed by atoms with Gasteiger partial charge in [0.25, 0.3) is 0 Å². The van der Waals surface area contributed by atoms with Crippen LogP contribution in [-0.4, -0.2) is 40.8 Å². The number of rotatable bonds is 6. The zero-order valence-electron chi connectivity index (χ0n) is 11.5. The van der Waals surface area contributed by atoms with Gasteiger partial charge in [-0.2, -0.15) is 0 Å². The third-order valence-corrected chi connectivity index (χ3v) is 3.91. The number of anilines is 1. The summed E-state index contributed by atoms with van der Waals surface area (Å²) in [6, 6.07) is 4.71. The molecule has 8 heteroatoms. The Morgan fingerprint density at radius 1 is 1.45 bits per heavy atom. The van der Waals surface area contributed by atoms with E-state index in [1.807, 2.05) is 0 Å². The van der Waals surface area contributed by atoms with Crippen molar-refractivity contribution in [3.05, 3.63) is 23.2 Å². The van der Waals surface area contributed by atoms with Crippen LogP contribution in [0.4, 0.5) is 5.69 Å². The van der Waals surface area contributed by atoms with Crippen LogP contribution in [0, 0.1) is 0 Å². The van der Waals surface area contributed by atoms with Crippen LogP contribution in [0.1, 0.15) is 6.92 Å². The standard InChI is InChI=1S/C12H17ClN2O4S/c1-9(16)14-6-7-15(20(3,17)18)11-8-10(13)4-5-12(11)19-2/h4-5,8H,6-7H2,1-3H3,(H,14,16). The van der Waals surface area contributed by atoms with E-state index in [2.05, 4.69) is 5.32 Å². The van der Waals surface area contributed by atoms with Crippen molar-refractivity contribution < 1.29 is 17.9 Å². The average Bonchev–Trinajstić information content (AvgIpc) is 2.32. The number of ether oxygens (including phenoxy) is 1. The van der Waals surface area contributed by atoms with Crippen LogP contribution < -0.4 is 14.4 Å². The molecule has 1 N–H and O–H groups in total. The van der Waals surface area contributed by atoms with Crippen molar-refractivity contribution in [2.75, 3.05) is 30.8 Å². The van der Waals surface area contributed by atoms with E-state index in [1.54, 1.807) is 12.1 Å². The maximum atomic E-state index is 11.9. The Kier molecular flexibility index (Phi) is 5.64. The summed E-state index contributed by atoms with van der Waals surface area (Å²) in [6.45, 7) is 1.65. The first-order valence-electron chi connectivity index (χ1n) is 5.81. The van der Waals surface area contributed by atoms with E-state index in [-0.39, 0.29) is 19.0 Å². The zero-order valence-corrected chi connectivity index (χ0v) is 13.1. The second kappa shape index (κ2) is 6.81. The fourth-order valence-corrected chi connectivity index (χ4v) is 2.75. The third kappa shape index (κ3) is 4.57. The number of hydrogen-bond acceptors (Lipinski definition) is 4. The molecule has 0 fully saturated rings. The maximum Gasteiger partial charge on any atom is 0.232 e. The third-order valence-electron chi connectivity index (χ3n) is 2.50. The highest BCUT2D eigenvalue weighted by Gasteiger charge is 2.21. The second-order valence-corrected chi connectivity index (χ2v) is 6.48. The lowest BCUT2D eigenvalue weighted by molar-refractivity contribution is -0.118. The SMILES string of the molecule is COc1ccc(Cl)cc1N(CCNC(C)=O)S(C)(=O)=O. The molecule has 1 rings (SSSR count). The van der Waals surface area contributed by atoms with E-state index < -0.39 is 10.0 Å². The summed E-state index contributed by atoms with van der Waals surface area (Å²) in [5.41, 5.74) is 0.341. The van der Waals surface area contributed by atoms with Gasteiger partial charge in [0.2, 0.25) is 15.9 Å². The molecule has 0 radical (unpaired) electrons. The van der Waals surface area contributed by atoms with Crippen molar-refractivity contribution in [1.82, 2.24) is 5.32 Å². The monoisotopic (exact) mass is 320 g/mol.